The molecule has 0 spiro atoms. The summed E-state index contributed by atoms with van der Waals surface area (Å²) in [5.41, 5.74) is 1.47. The highest BCUT2D eigenvalue weighted by Gasteiger charge is 2.42. The molecule has 3 nitrogen and oxygen atoms in total. The highest BCUT2D eigenvalue weighted by Crippen LogP contribution is 2.24. The van der Waals surface area contributed by atoms with Crippen LogP contribution in [0.3, 0.4) is 0 Å². The van der Waals surface area contributed by atoms with Crippen molar-refractivity contribution < 1.29 is 4.79 Å². The van der Waals surface area contributed by atoms with Crippen LogP contribution in [0.5, 0.6) is 0 Å². The van der Waals surface area contributed by atoms with Gasteiger partial charge >= 0.3 is 0 Å². The van der Waals surface area contributed by atoms with Gasteiger partial charge in [-0.25, -0.2) is 0 Å². The lowest BCUT2D eigenvalue weighted by atomic mass is 10.1. The number of aryl methyl sites for hydroxylation is 1. The fourth-order valence-corrected chi connectivity index (χ4v) is 2.31. The van der Waals surface area contributed by atoms with Gasteiger partial charge in [-0.2, -0.15) is 0 Å². The van der Waals surface area contributed by atoms with Gasteiger partial charge in [-0.05, 0) is 50.2 Å². The first-order valence-electron chi connectivity index (χ1n) is 5.71. The predicted molar refractivity (Wildman–Crippen MR) is 73.1 cm³/mol. The number of rotatable bonds is 2. The smallest absolute Gasteiger partial charge is 0.258 e. The number of nitrogens with zero attached hydrogens (tertiary/aromatic N) is 1. The fourth-order valence-electron chi connectivity index (χ4n) is 1.86. The van der Waals surface area contributed by atoms with E-state index in [1.54, 1.807) is 4.90 Å². The molecule has 1 heterocycles. The number of hydrogen-bond acceptors (Lipinski definition) is 2. The molecule has 0 radical (unpaired) electrons. The lowest BCUT2D eigenvalue weighted by molar-refractivity contribution is -0.120. The largest absolute Gasteiger partial charge is 0.348 e. The Balaban J connectivity index is 2.34. The van der Waals surface area contributed by atoms with E-state index in [9.17, 15) is 4.79 Å². The molecule has 0 saturated carbocycles. The monoisotopic (exact) mass is 248 g/mol. The molecule has 1 aliphatic heterocycles. The molecule has 4 heteroatoms. The lowest BCUT2D eigenvalue weighted by Gasteiger charge is -2.17. The van der Waals surface area contributed by atoms with Crippen molar-refractivity contribution in [3.8, 4) is 0 Å². The Kier molecular flexibility index (Phi) is 2.91. The zero-order valence-corrected chi connectivity index (χ0v) is 11.1. The van der Waals surface area contributed by atoms with Crippen LogP contribution in [-0.2, 0) is 11.2 Å². The number of carbonyl (C=O) groups excluding carboxylic acids is 1. The van der Waals surface area contributed by atoms with E-state index in [1.807, 2.05) is 38.1 Å². The third-order valence-electron chi connectivity index (χ3n) is 2.96. The second-order valence-electron chi connectivity index (χ2n) is 4.72. The molecule has 90 valence electrons. The predicted octanol–water partition coefficient (Wildman–Crippen LogP) is 2.25. The summed E-state index contributed by atoms with van der Waals surface area (Å²) in [5, 5.41) is 3.50. The zero-order valence-electron chi connectivity index (χ0n) is 10.3. The van der Waals surface area contributed by atoms with E-state index in [0.29, 0.717) is 5.11 Å². The van der Waals surface area contributed by atoms with Crippen molar-refractivity contribution in [3.63, 3.8) is 0 Å². The van der Waals surface area contributed by atoms with Crippen LogP contribution in [0.15, 0.2) is 24.3 Å². The van der Waals surface area contributed by atoms with Crippen LogP contribution in [0.1, 0.15) is 26.3 Å². The molecular formula is C13H16N2OS. The topological polar surface area (TPSA) is 32.3 Å². The Labute approximate surface area is 107 Å². The summed E-state index contributed by atoms with van der Waals surface area (Å²) in [4.78, 5) is 13.7. The van der Waals surface area contributed by atoms with E-state index in [0.717, 1.165) is 12.1 Å². The van der Waals surface area contributed by atoms with Gasteiger partial charge in [0.25, 0.3) is 5.91 Å². The third kappa shape index (κ3) is 2.05. The van der Waals surface area contributed by atoms with Gasteiger partial charge in [0.05, 0.1) is 5.69 Å². The Hall–Kier alpha value is -1.42. The summed E-state index contributed by atoms with van der Waals surface area (Å²) >= 11 is 5.20. The highest BCUT2D eigenvalue weighted by atomic mass is 32.1. The third-order valence-corrected chi connectivity index (χ3v) is 3.25. The van der Waals surface area contributed by atoms with E-state index >= 15 is 0 Å². The first-order valence-corrected chi connectivity index (χ1v) is 6.12. The summed E-state index contributed by atoms with van der Waals surface area (Å²) in [7, 11) is 0. The minimum Gasteiger partial charge on any atom is -0.348 e. The van der Waals surface area contributed by atoms with Crippen molar-refractivity contribution in [3.05, 3.63) is 29.8 Å². The van der Waals surface area contributed by atoms with Gasteiger partial charge in [0, 0.05) is 0 Å². The number of hydrogen-bond donors (Lipinski definition) is 1. The van der Waals surface area contributed by atoms with Crippen LogP contribution in [0.4, 0.5) is 5.69 Å². The summed E-state index contributed by atoms with van der Waals surface area (Å²) in [6.07, 6.45) is 0.989. The van der Waals surface area contributed by atoms with Gasteiger partial charge in [0.2, 0.25) is 0 Å². The minimum atomic E-state index is -0.611. The van der Waals surface area contributed by atoms with Crippen molar-refractivity contribution in [2.45, 2.75) is 32.7 Å². The molecular weight excluding hydrogens is 232 g/mol. The van der Waals surface area contributed by atoms with Crippen molar-refractivity contribution in [2.24, 2.45) is 0 Å². The van der Waals surface area contributed by atoms with E-state index in [4.69, 9.17) is 12.2 Å². The maximum Gasteiger partial charge on any atom is 0.258 e. The van der Waals surface area contributed by atoms with Crippen molar-refractivity contribution in [2.75, 3.05) is 4.90 Å². The summed E-state index contributed by atoms with van der Waals surface area (Å²) in [5.74, 6) is -0.00764. The molecule has 0 aromatic heterocycles. The molecule has 1 amide bonds. The average molecular weight is 248 g/mol. The molecule has 1 aliphatic rings. The maximum atomic E-state index is 12.2. The number of carbonyl (C=O) groups is 1. The van der Waals surface area contributed by atoms with Crippen molar-refractivity contribution in [1.82, 2.24) is 5.32 Å². The van der Waals surface area contributed by atoms with E-state index < -0.39 is 5.54 Å². The Morgan fingerprint density at radius 1 is 1.29 bits per heavy atom. The van der Waals surface area contributed by atoms with Gasteiger partial charge in [-0.1, -0.05) is 19.1 Å². The molecule has 1 aromatic rings. The van der Waals surface area contributed by atoms with Gasteiger partial charge in [-0.3, -0.25) is 9.69 Å². The standard InChI is InChI=1S/C13H16N2OS/c1-4-9-5-7-10(8-6-9)15-11(16)13(2,3)14-12(15)17/h5-8H,4H2,1-3H3,(H,14,17). The first kappa shape index (κ1) is 12.0. The SMILES string of the molecule is CCc1ccc(N2C(=O)C(C)(C)NC2=S)cc1. The van der Waals surface area contributed by atoms with E-state index in [2.05, 4.69) is 12.2 Å². The Bertz CT molecular complexity index is 465. The normalized spacial score (nSPS) is 18.4. The average Bonchev–Trinajstić information content (AvgIpc) is 2.49. The van der Waals surface area contributed by atoms with Gasteiger partial charge < -0.3 is 5.32 Å². The second kappa shape index (κ2) is 4.11. The van der Waals surface area contributed by atoms with Crippen LogP contribution in [0.2, 0.25) is 0 Å². The molecule has 1 N–H and O–H groups in total. The molecule has 0 unspecified atom stereocenters. The van der Waals surface area contributed by atoms with Crippen molar-refractivity contribution in [1.29, 1.82) is 0 Å². The maximum absolute atomic E-state index is 12.2. The van der Waals surface area contributed by atoms with Crippen LogP contribution in [-0.4, -0.2) is 16.6 Å². The minimum absolute atomic E-state index is 0.00764. The molecule has 17 heavy (non-hydrogen) atoms. The number of nitrogens with one attached hydrogen (secondary N) is 1. The second-order valence-corrected chi connectivity index (χ2v) is 5.10. The first-order chi connectivity index (χ1) is 7.95. The van der Waals surface area contributed by atoms with Crippen LogP contribution >= 0.6 is 12.2 Å². The van der Waals surface area contributed by atoms with Gasteiger partial charge in [0.15, 0.2) is 5.11 Å². The highest BCUT2D eigenvalue weighted by molar-refractivity contribution is 7.80. The molecule has 0 atom stereocenters. The van der Waals surface area contributed by atoms with Crippen LogP contribution in [0.25, 0.3) is 0 Å². The number of anilines is 1. The van der Waals surface area contributed by atoms with Gasteiger partial charge in [0.1, 0.15) is 5.54 Å². The van der Waals surface area contributed by atoms with Gasteiger partial charge in [-0.15, -0.1) is 0 Å². The zero-order chi connectivity index (χ0) is 12.6. The van der Waals surface area contributed by atoms with E-state index in [-0.39, 0.29) is 5.91 Å². The molecule has 1 fully saturated rings. The van der Waals surface area contributed by atoms with Crippen LogP contribution in [0, 0.1) is 0 Å². The molecule has 1 aromatic carbocycles. The van der Waals surface area contributed by atoms with E-state index in [1.165, 1.54) is 5.56 Å². The molecule has 0 bridgehead atoms. The molecule has 2 rings (SSSR count). The fraction of sp³-hybridized carbons (Fsp3) is 0.385. The number of thiocarbonyl (C=S) groups is 1. The summed E-state index contributed by atoms with van der Waals surface area (Å²) < 4.78 is 0. The summed E-state index contributed by atoms with van der Waals surface area (Å²) in [6, 6.07) is 7.92. The molecule has 0 aliphatic carbocycles. The van der Waals surface area contributed by atoms with Crippen LogP contribution < -0.4 is 10.2 Å². The lowest BCUT2D eigenvalue weighted by Crippen LogP contribution is -2.40. The Morgan fingerprint density at radius 2 is 1.88 bits per heavy atom. The van der Waals surface area contributed by atoms with Crippen molar-refractivity contribution >= 4 is 28.9 Å². The quantitative estimate of drug-likeness (QED) is 0.815. The summed E-state index contributed by atoms with van der Waals surface area (Å²) in [6.45, 7) is 5.77. The number of benzene rings is 1. The molecule has 1 saturated heterocycles. The Morgan fingerprint density at radius 3 is 2.29 bits per heavy atom. The number of amides is 1.